The molecule has 2 heteroatoms. The molecule has 0 radical (unpaired) electrons. The number of methoxy groups -OCH3 is 1. The van der Waals surface area contributed by atoms with Gasteiger partial charge in [0.15, 0.2) is 0 Å². The normalized spacial score (nSPS) is 41.1. The number of hydrogen-bond donors (Lipinski definition) is 1. The predicted molar refractivity (Wildman–Crippen MR) is 83.6 cm³/mol. The number of hydrogen-bond acceptors (Lipinski definition) is 2. The van der Waals surface area contributed by atoms with E-state index in [1.807, 2.05) is 0 Å². The highest BCUT2D eigenvalue weighted by molar-refractivity contribution is 5.40. The molecule has 3 aliphatic rings. The van der Waals surface area contributed by atoms with Crippen LogP contribution in [0.15, 0.2) is 18.2 Å². The largest absolute Gasteiger partial charge is 0.497 e. The van der Waals surface area contributed by atoms with Crippen molar-refractivity contribution in [3.05, 3.63) is 29.3 Å². The second-order valence-electron chi connectivity index (χ2n) is 7.62. The van der Waals surface area contributed by atoms with Crippen molar-refractivity contribution in [3.63, 3.8) is 0 Å². The number of fused-ring (bicyclic) bond motifs is 5. The van der Waals surface area contributed by atoms with Crippen LogP contribution in [0.2, 0.25) is 0 Å². The first-order valence-electron chi connectivity index (χ1n) is 8.48. The molecule has 1 N–H and O–H groups in total. The molecule has 0 heterocycles. The summed E-state index contributed by atoms with van der Waals surface area (Å²) >= 11 is 0. The van der Waals surface area contributed by atoms with Crippen LogP contribution < -0.4 is 4.74 Å². The summed E-state index contributed by atoms with van der Waals surface area (Å²) in [6, 6.07) is 6.67. The first-order chi connectivity index (χ1) is 10.1. The van der Waals surface area contributed by atoms with Gasteiger partial charge in [-0.15, -0.1) is 0 Å². The second-order valence-corrected chi connectivity index (χ2v) is 7.62. The van der Waals surface area contributed by atoms with E-state index in [0.717, 1.165) is 24.0 Å². The highest BCUT2D eigenvalue weighted by Crippen LogP contribution is 2.60. The number of rotatable bonds is 1. The van der Waals surface area contributed by atoms with Crippen molar-refractivity contribution < 1.29 is 9.84 Å². The van der Waals surface area contributed by atoms with E-state index in [2.05, 4.69) is 25.1 Å². The molecule has 2 fully saturated rings. The van der Waals surface area contributed by atoms with E-state index in [1.54, 1.807) is 12.7 Å². The molecule has 0 unspecified atom stereocenters. The smallest absolute Gasteiger partial charge is 0.119 e. The van der Waals surface area contributed by atoms with E-state index in [9.17, 15) is 5.11 Å². The van der Waals surface area contributed by atoms with E-state index in [0.29, 0.717) is 5.92 Å². The molecule has 4 rings (SSSR count). The highest BCUT2D eigenvalue weighted by atomic mass is 16.5. The summed E-state index contributed by atoms with van der Waals surface area (Å²) in [6.45, 7) is 2.34. The van der Waals surface area contributed by atoms with Crippen LogP contribution in [0.3, 0.4) is 0 Å². The molecule has 0 aromatic heterocycles. The zero-order valence-corrected chi connectivity index (χ0v) is 13.1. The Balaban J connectivity index is 1.68. The van der Waals surface area contributed by atoms with E-state index >= 15 is 0 Å². The molecular formula is C19H26O2. The molecule has 0 amide bonds. The van der Waals surface area contributed by atoms with Crippen LogP contribution >= 0.6 is 0 Å². The fraction of sp³-hybridized carbons (Fsp3) is 0.684. The lowest BCUT2D eigenvalue weighted by molar-refractivity contribution is -0.0226. The number of benzene rings is 1. The Morgan fingerprint density at radius 3 is 2.86 bits per heavy atom. The van der Waals surface area contributed by atoms with Crippen molar-refractivity contribution in [1.82, 2.24) is 0 Å². The lowest BCUT2D eigenvalue weighted by Gasteiger charge is -2.50. The Hall–Kier alpha value is -1.02. The molecule has 2 saturated carbocycles. The Kier molecular flexibility index (Phi) is 3.08. The average molecular weight is 286 g/mol. The number of aryl methyl sites for hydroxylation is 1. The number of aliphatic hydroxyl groups excluding tert-OH is 1. The first kappa shape index (κ1) is 13.6. The maximum atomic E-state index is 10.4. The van der Waals surface area contributed by atoms with Gasteiger partial charge in [0.25, 0.3) is 0 Å². The van der Waals surface area contributed by atoms with Crippen molar-refractivity contribution >= 4 is 0 Å². The molecule has 1 aromatic rings. The van der Waals surface area contributed by atoms with Gasteiger partial charge in [-0.25, -0.2) is 0 Å². The van der Waals surface area contributed by atoms with Crippen LogP contribution in [0.4, 0.5) is 0 Å². The summed E-state index contributed by atoms with van der Waals surface area (Å²) < 4.78 is 5.38. The minimum Gasteiger partial charge on any atom is -0.497 e. The number of ether oxygens (including phenoxy) is 1. The summed E-state index contributed by atoms with van der Waals surface area (Å²) in [5.74, 6) is 3.20. The van der Waals surface area contributed by atoms with Gasteiger partial charge in [-0.05, 0) is 85.0 Å². The van der Waals surface area contributed by atoms with Crippen molar-refractivity contribution in [2.24, 2.45) is 17.3 Å². The second kappa shape index (κ2) is 4.74. The minimum absolute atomic E-state index is 0.0688. The average Bonchev–Trinajstić information content (AvgIpc) is 2.82. The van der Waals surface area contributed by atoms with Crippen molar-refractivity contribution in [1.29, 1.82) is 0 Å². The Labute approximate surface area is 127 Å². The van der Waals surface area contributed by atoms with E-state index in [-0.39, 0.29) is 11.5 Å². The topological polar surface area (TPSA) is 29.5 Å². The molecule has 0 saturated heterocycles. The summed E-state index contributed by atoms with van der Waals surface area (Å²) in [4.78, 5) is 0. The van der Waals surface area contributed by atoms with E-state index < -0.39 is 0 Å². The van der Waals surface area contributed by atoms with Gasteiger partial charge in [0, 0.05) is 0 Å². The van der Waals surface area contributed by atoms with Crippen LogP contribution in [0.5, 0.6) is 5.75 Å². The summed E-state index contributed by atoms with van der Waals surface area (Å²) in [7, 11) is 1.75. The lowest BCUT2D eigenvalue weighted by atomic mass is 9.55. The molecule has 114 valence electrons. The molecule has 3 aliphatic carbocycles. The molecule has 0 aliphatic heterocycles. The zero-order valence-electron chi connectivity index (χ0n) is 13.1. The standard InChI is InChI=1S/C19H26O2/c1-19-10-9-15-14-6-4-13(21-2)11-12(14)3-5-16(15)17(19)7-8-18(19)20/h4,6,11,15-18,20H,3,5,7-10H2,1-2H3/t15-,16+,17+,18+,19+/m1/s1. The molecule has 1 aromatic carbocycles. The molecule has 2 nitrogen and oxygen atoms in total. The fourth-order valence-electron chi connectivity index (χ4n) is 5.66. The van der Waals surface area contributed by atoms with E-state index in [1.165, 1.54) is 37.7 Å². The molecular weight excluding hydrogens is 260 g/mol. The van der Waals surface area contributed by atoms with Gasteiger partial charge in [-0.2, -0.15) is 0 Å². The monoisotopic (exact) mass is 286 g/mol. The van der Waals surface area contributed by atoms with Gasteiger partial charge in [-0.1, -0.05) is 13.0 Å². The van der Waals surface area contributed by atoms with Crippen molar-refractivity contribution in [2.45, 2.75) is 57.5 Å². The SMILES string of the molecule is COc1ccc2c(c1)CC[C@H]1[C@@H]2CC[C@]2(C)[C@@H](O)CC[C@@H]12. The Morgan fingerprint density at radius 2 is 2.05 bits per heavy atom. The fourth-order valence-corrected chi connectivity index (χ4v) is 5.66. The van der Waals surface area contributed by atoms with Crippen LogP contribution in [0.25, 0.3) is 0 Å². The van der Waals surface area contributed by atoms with Gasteiger partial charge in [-0.3, -0.25) is 0 Å². The van der Waals surface area contributed by atoms with Crippen molar-refractivity contribution in [3.8, 4) is 5.75 Å². The van der Waals surface area contributed by atoms with Gasteiger partial charge in [0.05, 0.1) is 13.2 Å². The van der Waals surface area contributed by atoms with Crippen LogP contribution in [0, 0.1) is 17.3 Å². The third-order valence-corrected chi connectivity index (χ3v) is 6.88. The maximum Gasteiger partial charge on any atom is 0.119 e. The summed E-state index contributed by atoms with van der Waals surface area (Å²) in [6.07, 6.45) is 7.07. The van der Waals surface area contributed by atoms with Gasteiger partial charge in [0.2, 0.25) is 0 Å². The van der Waals surface area contributed by atoms with Gasteiger partial charge in [0.1, 0.15) is 5.75 Å². The minimum atomic E-state index is -0.0688. The van der Waals surface area contributed by atoms with Crippen LogP contribution in [-0.2, 0) is 6.42 Å². The number of aliphatic hydroxyl groups is 1. The Bertz CT molecular complexity index is 552. The molecule has 0 spiro atoms. The lowest BCUT2D eigenvalue weighted by Crippen LogP contribution is -2.43. The molecule has 0 bridgehead atoms. The summed E-state index contributed by atoms with van der Waals surface area (Å²) in [5.41, 5.74) is 3.25. The summed E-state index contributed by atoms with van der Waals surface area (Å²) in [5, 5.41) is 10.4. The molecule has 5 atom stereocenters. The van der Waals surface area contributed by atoms with E-state index in [4.69, 9.17) is 4.74 Å². The van der Waals surface area contributed by atoms with Crippen molar-refractivity contribution in [2.75, 3.05) is 7.11 Å². The molecule has 21 heavy (non-hydrogen) atoms. The third kappa shape index (κ3) is 1.88. The van der Waals surface area contributed by atoms with Crippen LogP contribution in [-0.4, -0.2) is 18.3 Å². The third-order valence-electron chi connectivity index (χ3n) is 6.88. The van der Waals surface area contributed by atoms with Crippen LogP contribution in [0.1, 0.15) is 56.1 Å². The maximum absolute atomic E-state index is 10.4. The predicted octanol–water partition coefficient (Wildman–Crippen LogP) is 3.91. The van der Waals surface area contributed by atoms with Gasteiger partial charge < -0.3 is 9.84 Å². The quantitative estimate of drug-likeness (QED) is 0.848. The first-order valence-corrected chi connectivity index (χ1v) is 8.48. The Morgan fingerprint density at radius 1 is 1.19 bits per heavy atom. The van der Waals surface area contributed by atoms with Gasteiger partial charge >= 0.3 is 0 Å². The zero-order chi connectivity index (χ0) is 14.6. The highest BCUT2D eigenvalue weighted by Gasteiger charge is 2.54.